The summed E-state index contributed by atoms with van der Waals surface area (Å²) in [6.07, 6.45) is -4.89. The van der Waals surface area contributed by atoms with Gasteiger partial charge in [-0.1, -0.05) is 13.8 Å². The van der Waals surface area contributed by atoms with Crippen molar-refractivity contribution in [2.45, 2.75) is 38.3 Å². The number of amides is 1. The molecule has 1 aliphatic rings. The zero-order valence-electron chi connectivity index (χ0n) is 19.5. The van der Waals surface area contributed by atoms with Crippen LogP contribution in [0.4, 0.5) is 13.2 Å². The molecule has 194 valence electrons. The Morgan fingerprint density at radius 3 is 2.15 bits per heavy atom. The number of benzene rings is 1. The lowest BCUT2D eigenvalue weighted by Crippen LogP contribution is -2.47. The highest BCUT2D eigenvalue weighted by molar-refractivity contribution is 7.89. The van der Waals surface area contributed by atoms with Gasteiger partial charge in [-0.05, 0) is 37.1 Å². The molecular formula is C21H32F3N3O6S. The Morgan fingerprint density at radius 1 is 1.18 bits per heavy atom. The molecule has 1 amide bonds. The number of sulfonamides is 1. The number of halogens is 3. The van der Waals surface area contributed by atoms with Gasteiger partial charge in [0.25, 0.3) is 0 Å². The molecule has 2 N–H and O–H groups in total. The highest BCUT2D eigenvalue weighted by atomic mass is 32.2. The Kier molecular flexibility index (Phi) is 11.8. The van der Waals surface area contributed by atoms with Crippen LogP contribution in [0.5, 0.6) is 5.75 Å². The number of alkyl halides is 3. The minimum absolute atomic E-state index is 0.00662. The van der Waals surface area contributed by atoms with E-state index >= 15 is 0 Å². The second-order valence-electron chi connectivity index (χ2n) is 7.85. The van der Waals surface area contributed by atoms with Gasteiger partial charge >= 0.3 is 12.1 Å². The van der Waals surface area contributed by atoms with Crippen LogP contribution in [0.2, 0.25) is 0 Å². The molecule has 13 heteroatoms. The Labute approximate surface area is 197 Å². The van der Waals surface area contributed by atoms with Gasteiger partial charge in [0.05, 0.1) is 11.5 Å². The Bertz CT molecular complexity index is 886. The number of rotatable bonds is 9. The zero-order chi connectivity index (χ0) is 25.9. The molecule has 0 saturated carbocycles. The Balaban J connectivity index is 0.000000718. The predicted molar refractivity (Wildman–Crippen MR) is 119 cm³/mol. The van der Waals surface area contributed by atoms with Gasteiger partial charge in [0, 0.05) is 45.7 Å². The topological polar surface area (TPSA) is 116 Å². The quantitative estimate of drug-likeness (QED) is 0.522. The number of hydrogen-bond donors (Lipinski definition) is 2. The van der Waals surface area contributed by atoms with Crippen molar-refractivity contribution < 1.29 is 41.0 Å². The van der Waals surface area contributed by atoms with Gasteiger partial charge in [-0.2, -0.15) is 17.5 Å². The number of nitrogens with zero attached hydrogens (tertiary/aromatic N) is 2. The van der Waals surface area contributed by atoms with E-state index in [4.69, 9.17) is 14.6 Å². The number of carboxylic acids is 1. The van der Waals surface area contributed by atoms with Gasteiger partial charge in [0.15, 0.2) is 0 Å². The number of carboxylic acid groups (broad SMARTS) is 1. The molecule has 1 aliphatic heterocycles. The van der Waals surface area contributed by atoms with Gasteiger partial charge in [-0.25, -0.2) is 13.2 Å². The first-order valence-corrected chi connectivity index (χ1v) is 12.2. The fraction of sp³-hybridized carbons (Fsp3) is 0.619. The maximum Gasteiger partial charge on any atom is 0.490 e. The zero-order valence-corrected chi connectivity index (χ0v) is 20.3. The van der Waals surface area contributed by atoms with E-state index in [0.717, 1.165) is 13.1 Å². The molecule has 34 heavy (non-hydrogen) atoms. The van der Waals surface area contributed by atoms with Gasteiger partial charge in [-0.15, -0.1) is 0 Å². The van der Waals surface area contributed by atoms with E-state index in [-0.39, 0.29) is 29.7 Å². The van der Waals surface area contributed by atoms with Crippen molar-refractivity contribution in [3.63, 3.8) is 0 Å². The smallest absolute Gasteiger partial charge is 0.490 e. The van der Waals surface area contributed by atoms with E-state index < -0.39 is 22.2 Å². The number of aliphatic carboxylic acids is 1. The van der Waals surface area contributed by atoms with E-state index in [1.807, 2.05) is 20.8 Å². The van der Waals surface area contributed by atoms with E-state index in [0.29, 0.717) is 32.0 Å². The standard InChI is InChI=1S/C19H31N3O4S.C2HF3O2/c1-4-26-17-5-7-18(8-6-17)27(24,25)22(15-16(2)3)12-9-19(23)21-13-10-20-11-14-21;3-2(4,5)1(6)7/h5-8,16,20H,4,9-15H2,1-3H3;(H,6,7). The summed E-state index contributed by atoms with van der Waals surface area (Å²) in [6, 6.07) is 6.45. The van der Waals surface area contributed by atoms with Crippen molar-refractivity contribution in [3.8, 4) is 5.75 Å². The molecule has 0 bridgehead atoms. The van der Waals surface area contributed by atoms with Gasteiger partial charge in [0.1, 0.15) is 5.75 Å². The highest BCUT2D eigenvalue weighted by Crippen LogP contribution is 2.21. The fourth-order valence-electron chi connectivity index (χ4n) is 3.03. The third kappa shape index (κ3) is 9.85. The minimum atomic E-state index is -5.08. The van der Waals surface area contributed by atoms with E-state index in [2.05, 4.69) is 5.32 Å². The summed E-state index contributed by atoms with van der Waals surface area (Å²) in [5.74, 6) is -1.95. The first kappa shape index (κ1) is 29.7. The van der Waals surface area contributed by atoms with E-state index in [9.17, 15) is 26.4 Å². The van der Waals surface area contributed by atoms with Crippen LogP contribution < -0.4 is 10.1 Å². The van der Waals surface area contributed by atoms with Crippen LogP contribution in [0.1, 0.15) is 27.2 Å². The monoisotopic (exact) mass is 511 g/mol. The number of piperazine rings is 1. The maximum atomic E-state index is 13.1. The SMILES string of the molecule is CCOc1ccc(S(=O)(=O)N(CCC(=O)N2CCNCC2)CC(C)C)cc1.O=C(O)C(F)(F)F. The maximum absolute atomic E-state index is 13.1. The summed E-state index contributed by atoms with van der Waals surface area (Å²) in [4.78, 5) is 23.3. The second-order valence-corrected chi connectivity index (χ2v) is 9.78. The summed E-state index contributed by atoms with van der Waals surface area (Å²) in [5.41, 5.74) is 0. The van der Waals surface area contributed by atoms with Crippen molar-refractivity contribution in [2.24, 2.45) is 5.92 Å². The van der Waals surface area contributed by atoms with Gasteiger partial charge in [0.2, 0.25) is 15.9 Å². The number of carbonyl (C=O) groups excluding carboxylic acids is 1. The molecule has 0 unspecified atom stereocenters. The van der Waals surface area contributed by atoms with Crippen LogP contribution in [-0.4, -0.2) is 86.7 Å². The predicted octanol–water partition coefficient (Wildman–Crippen LogP) is 2.19. The average molecular weight is 512 g/mol. The lowest BCUT2D eigenvalue weighted by molar-refractivity contribution is -0.192. The van der Waals surface area contributed by atoms with Gasteiger partial charge in [-0.3, -0.25) is 4.79 Å². The van der Waals surface area contributed by atoms with Crippen molar-refractivity contribution in [3.05, 3.63) is 24.3 Å². The normalized spacial score (nSPS) is 14.5. The Morgan fingerprint density at radius 2 is 1.71 bits per heavy atom. The molecule has 0 radical (unpaired) electrons. The van der Waals surface area contributed by atoms with Crippen LogP contribution in [0.15, 0.2) is 29.2 Å². The van der Waals surface area contributed by atoms with Crippen molar-refractivity contribution in [2.75, 3.05) is 45.9 Å². The molecule has 1 saturated heterocycles. The van der Waals surface area contributed by atoms with Crippen LogP contribution in [0, 0.1) is 5.92 Å². The second kappa shape index (κ2) is 13.5. The molecule has 0 spiro atoms. The summed E-state index contributed by atoms with van der Waals surface area (Å²) < 4.78 is 64.7. The molecule has 1 fully saturated rings. The number of nitrogens with one attached hydrogen (secondary N) is 1. The van der Waals surface area contributed by atoms with E-state index in [1.165, 1.54) is 4.31 Å². The first-order valence-electron chi connectivity index (χ1n) is 10.8. The van der Waals surface area contributed by atoms with Crippen LogP contribution >= 0.6 is 0 Å². The number of hydrogen-bond acceptors (Lipinski definition) is 6. The number of ether oxygens (including phenoxy) is 1. The molecule has 0 aromatic heterocycles. The molecule has 1 aromatic rings. The average Bonchev–Trinajstić information content (AvgIpc) is 2.77. The molecular weight excluding hydrogens is 479 g/mol. The van der Waals surface area contributed by atoms with Gasteiger partial charge < -0.3 is 20.1 Å². The highest BCUT2D eigenvalue weighted by Gasteiger charge is 2.38. The molecule has 1 heterocycles. The van der Waals surface area contributed by atoms with Crippen LogP contribution in [0.25, 0.3) is 0 Å². The molecule has 1 aromatic carbocycles. The summed E-state index contributed by atoms with van der Waals surface area (Å²) in [7, 11) is -3.66. The molecule has 2 rings (SSSR count). The summed E-state index contributed by atoms with van der Waals surface area (Å²) in [5, 5.41) is 10.3. The lowest BCUT2D eigenvalue weighted by Gasteiger charge is -2.29. The van der Waals surface area contributed by atoms with Crippen molar-refractivity contribution in [1.82, 2.24) is 14.5 Å². The van der Waals surface area contributed by atoms with E-state index in [1.54, 1.807) is 29.2 Å². The third-order valence-corrected chi connectivity index (χ3v) is 6.51. The fourth-order valence-corrected chi connectivity index (χ4v) is 4.64. The van der Waals surface area contributed by atoms with Crippen LogP contribution in [0.3, 0.4) is 0 Å². The van der Waals surface area contributed by atoms with Crippen molar-refractivity contribution >= 4 is 21.9 Å². The van der Waals surface area contributed by atoms with Crippen molar-refractivity contribution in [1.29, 1.82) is 0 Å². The number of carbonyl (C=O) groups is 2. The molecule has 0 atom stereocenters. The first-order chi connectivity index (χ1) is 15.8. The lowest BCUT2D eigenvalue weighted by atomic mass is 10.2. The summed E-state index contributed by atoms with van der Waals surface area (Å²) >= 11 is 0. The largest absolute Gasteiger partial charge is 0.494 e. The Hall–Kier alpha value is -2.38. The molecule has 0 aliphatic carbocycles. The summed E-state index contributed by atoms with van der Waals surface area (Å²) in [6.45, 7) is 9.84. The molecule has 9 nitrogen and oxygen atoms in total. The van der Waals surface area contributed by atoms with Crippen LogP contribution in [-0.2, 0) is 19.6 Å². The minimum Gasteiger partial charge on any atom is -0.494 e. The third-order valence-electron chi connectivity index (χ3n) is 4.63.